The summed E-state index contributed by atoms with van der Waals surface area (Å²) in [6.07, 6.45) is 2.72. The molecule has 1 saturated heterocycles. The van der Waals surface area contributed by atoms with Crippen molar-refractivity contribution in [2.75, 3.05) is 20.2 Å². The van der Waals surface area contributed by atoms with Gasteiger partial charge in [-0.2, -0.15) is 0 Å². The van der Waals surface area contributed by atoms with Gasteiger partial charge in [-0.05, 0) is 33.6 Å². The van der Waals surface area contributed by atoms with Crippen LogP contribution >= 0.6 is 0 Å². The average molecular weight is 230 g/mol. The Morgan fingerprint density at radius 2 is 2.00 bits per heavy atom. The van der Waals surface area contributed by atoms with Gasteiger partial charge in [0.25, 0.3) is 0 Å². The van der Waals surface area contributed by atoms with E-state index in [2.05, 4.69) is 26.1 Å². The lowest BCUT2D eigenvalue weighted by molar-refractivity contribution is -0.0690. The van der Waals surface area contributed by atoms with E-state index < -0.39 is 0 Å². The largest absolute Gasteiger partial charge is 0.380 e. The molecule has 0 spiro atoms. The third kappa shape index (κ3) is 3.70. The first-order chi connectivity index (χ1) is 7.51. The van der Waals surface area contributed by atoms with Crippen LogP contribution in [0.2, 0.25) is 0 Å². The van der Waals surface area contributed by atoms with Gasteiger partial charge >= 0.3 is 0 Å². The average Bonchev–Trinajstić information content (AvgIpc) is 2.24. The summed E-state index contributed by atoms with van der Waals surface area (Å²) in [7, 11) is 1.73. The molecule has 1 heterocycles. The Morgan fingerprint density at radius 1 is 1.44 bits per heavy atom. The monoisotopic (exact) mass is 230 g/mol. The third-order valence-corrected chi connectivity index (χ3v) is 3.38. The first kappa shape index (κ1) is 13.9. The van der Waals surface area contributed by atoms with Gasteiger partial charge in [0, 0.05) is 25.7 Å². The van der Waals surface area contributed by atoms with E-state index in [1.54, 1.807) is 7.11 Å². The van der Waals surface area contributed by atoms with Crippen molar-refractivity contribution in [3.63, 3.8) is 0 Å². The maximum absolute atomic E-state index is 5.93. The van der Waals surface area contributed by atoms with E-state index in [0.29, 0.717) is 6.54 Å². The number of rotatable bonds is 5. The first-order valence-corrected chi connectivity index (χ1v) is 6.14. The zero-order chi connectivity index (χ0) is 12.2. The summed E-state index contributed by atoms with van der Waals surface area (Å²) in [6, 6.07) is 0. The number of nitrogens with one attached hydrogen (secondary N) is 1. The molecular formula is C12H26N2O2. The van der Waals surface area contributed by atoms with E-state index in [0.717, 1.165) is 19.4 Å². The minimum Gasteiger partial charge on any atom is -0.380 e. The quantitative estimate of drug-likeness (QED) is 0.736. The maximum atomic E-state index is 5.93. The van der Waals surface area contributed by atoms with Crippen molar-refractivity contribution in [3.05, 3.63) is 0 Å². The van der Waals surface area contributed by atoms with Gasteiger partial charge in [0.05, 0.1) is 18.3 Å². The third-order valence-electron chi connectivity index (χ3n) is 3.38. The van der Waals surface area contributed by atoms with Gasteiger partial charge in [-0.3, -0.25) is 0 Å². The molecule has 4 heteroatoms. The molecule has 3 atom stereocenters. The molecule has 1 rings (SSSR count). The summed E-state index contributed by atoms with van der Waals surface area (Å²) in [5.74, 6) is 0. The van der Waals surface area contributed by atoms with Gasteiger partial charge in [-0.15, -0.1) is 0 Å². The van der Waals surface area contributed by atoms with Crippen molar-refractivity contribution in [1.29, 1.82) is 0 Å². The Labute approximate surface area is 98.9 Å². The number of methoxy groups -OCH3 is 1. The van der Waals surface area contributed by atoms with Crippen molar-refractivity contribution < 1.29 is 9.47 Å². The zero-order valence-corrected chi connectivity index (χ0v) is 11.0. The molecule has 1 aliphatic rings. The van der Waals surface area contributed by atoms with E-state index in [-0.39, 0.29) is 23.9 Å². The summed E-state index contributed by atoms with van der Waals surface area (Å²) in [5, 5.41) is 3.57. The van der Waals surface area contributed by atoms with Crippen LogP contribution in [0.3, 0.4) is 0 Å². The number of nitrogens with two attached hydrogens (primary N) is 1. The van der Waals surface area contributed by atoms with Crippen LogP contribution in [0.1, 0.15) is 33.6 Å². The fourth-order valence-corrected chi connectivity index (χ4v) is 2.50. The molecule has 96 valence electrons. The molecule has 1 fully saturated rings. The van der Waals surface area contributed by atoms with Crippen molar-refractivity contribution in [1.82, 2.24) is 5.32 Å². The molecule has 0 aromatic rings. The van der Waals surface area contributed by atoms with Gasteiger partial charge in [0.1, 0.15) is 0 Å². The highest BCUT2D eigenvalue weighted by Gasteiger charge is 2.37. The molecule has 16 heavy (non-hydrogen) atoms. The van der Waals surface area contributed by atoms with Crippen LogP contribution in [0.4, 0.5) is 0 Å². The van der Waals surface area contributed by atoms with Crippen molar-refractivity contribution in [3.8, 4) is 0 Å². The molecule has 4 nitrogen and oxygen atoms in total. The zero-order valence-electron chi connectivity index (χ0n) is 11.0. The first-order valence-electron chi connectivity index (χ1n) is 6.14. The highest BCUT2D eigenvalue weighted by Crippen LogP contribution is 2.28. The van der Waals surface area contributed by atoms with Crippen LogP contribution in [0.5, 0.6) is 0 Å². The van der Waals surface area contributed by atoms with Crippen LogP contribution in [0.25, 0.3) is 0 Å². The SMILES string of the molecule is COC(C)CNC1(CN)CC(C)OC(C)C1. The molecule has 0 aliphatic carbocycles. The minimum absolute atomic E-state index is 0.0177. The smallest absolute Gasteiger partial charge is 0.0667 e. The highest BCUT2D eigenvalue weighted by molar-refractivity contribution is 4.96. The summed E-state index contributed by atoms with van der Waals surface area (Å²) in [4.78, 5) is 0. The topological polar surface area (TPSA) is 56.5 Å². The molecule has 0 saturated carbocycles. The molecular weight excluding hydrogens is 204 g/mol. The van der Waals surface area contributed by atoms with Gasteiger partial charge in [-0.1, -0.05) is 0 Å². The molecule has 0 aromatic heterocycles. The minimum atomic E-state index is 0.0177. The van der Waals surface area contributed by atoms with E-state index in [1.165, 1.54) is 0 Å². The fourth-order valence-electron chi connectivity index (χ4n) is 2.50. The van der Waals surface area contributed by atoms with Gasteiger partial charge in [-0.25, -0.2) is 0 Å². The number of hydrogen-bond donors (Lipinski definition) is 2. The summed E-state index contributed by atoms with van der Waals surface area (Å²) in [6.45, 7) is 7.78. The van der Waals surface area contributed by atoms with Crippen molar-refractivity contribution >= 4 is 0 Å². The fraction of sp³-hybridized carbons (Fsp3) is 1.00. The summed E-state index contributed by atoms with van der Waals surface area (Å²) in [5.41, 5.74) is 5.95. The summed E-state index contributed by atoms with van der Waals surface area (Å²) < 4.78 is 11.0. The molecule has 3 unspecified atom stereocenters. The lowest BCUT2D eigenvalue weighted by atomic mass is 9.84. The van der Waals surface area contributed by atoms with E-state index >= 15 is 0 Å². The summed E-state index contributed by atoms with van der Waals surface area (Å²) >= 11 is 0. The van der Waals surface area contributed by atoms with Gasteiger partial charge < -0.3 is 20.5 Å². The molecule has 3 N–H and O–H groups in total. The van der Waals surface area contributed by atoms with Crippen molar-refractivity contribution in [2.24, 2.45) is 5.73 Å². The second-order valence-corrected chi connectivity index (χ2v) is 5.08. The Morgan fingerprint density at radius 3 is 2.44 bits per heavy atom. The molecule has 1 aliphatic heterocycles. The van der Waals surface area contributed by atoms with Crippen LogP contribution in [0.15, 0.2) is 0 Å². The van der Waals surface area contributed by atoms with E-state index in [1.807, 2.05) is 0 Å². The van der Waals surface area contributed by atoms with E-state index in [9.17, 15) is 0 Å². The Hall–Kier alpha value is -0.160. The van der Waals surface area contributed by atoms with Crippen LogP contribution < -0.4 is 11.1 Å². The van der Waals surface area contributed by atoms with Gasteiger partial charge in [0.15, 0.2) is 0 Å². The maximum Gasteiger partial charge on any atom is 0.0667 e. The lowest BCUT2D eigenvalue weighted by Gasteiger charge is -2.43. The molecule has 0 bridgehead atoms. The molecule has 0 amide bonds. The molecule has 0 radical (unpaired) electrons. The number of ether oxygens (including phenoxy) is 2. The van der Waals surface area contributed by atoms with Gasteiger partial charge in [0.2, 0.25) is 0 Å². The van der Waals surface area contributed by atoms with Crippen LogP contribution in [-0.4, -0.2) is 44.1 Å². The highest BCUT2D eigenvalue weighted by atomic mass is 16.5. The predicted octanol–water partition coefficient (Wildman–Crippen LogP) is 0.896. The number of hydrogen-bond acceptors (Lipinski definition) is 4. The Kier molecular flexibility index (Phi) is 5.18. The Balaban J connectivity index is 2.54. The second-order valence-electron chi connectivity index (χ2n) is 5.08. The molecule has 0 aromatic carbocycles. The lowest BCUT2D eigenvalue weighted by Crippen LogP contribution is -2.59. The van der Waals surface area contributed by atoms with Crippen LogP contribution in [-0.2, 0) is 9.47 Å². The van der Waals surface area contributed by atoms with E-state index in [4.69, 9.17) is 15.2 Å². The Bertz CT molecular complexity index is 201. The van der Waals surface area contributed by atoms with Crippen molar-refractivity contribution in [2.45, 2.75) is 57.5 Å². The predicted molar refractivity (Wildman–Crippen MR) is 65.5 cm³/mol. The normalized spacial score (nSPS) is 37.3. The standard InChI is InChI=1S/C12H26N2O2/c1-9-5-12(8-13,6-10(2)16-9)14-7-11(3)15-4/h9-11,14H,5-8,13H2,1-4H3. The van der Waals surface area contributed by atoms with Crippen LogP contribution in [0, 0.1) is 0 Å². The second kappa shape index (κ2) is 5.96.